The number of rotatable bonds is 4. The maximum Gasteiger partial charge on any atom is 0.418 e. The van der Waals surface area contributed by atoms with Crippen molar-refractivity contribution in [3.05, 3.63) is 46.8 Å². The number of aromatic nitrogens is 2. The van der Waals surface area contributed by atoms with E-state index in [0.29, 0.717) is 12.1 Å². The van der Waals surface area contributed by atoms with E-state index < -0.39 is 17.7 Å². The minimum atomic E-state index is -4.55. The van der Waals surface area contributed by atoms with Crippen LogP contribution in [0.4, 0.5) is 13.2 Å². The van der Waals surface area contributed by atoms with Crippen molar-refractivity contribution >= 4 is 5.97 Å². The first kappa shape index (κ1) is 19.0. The fourth-order valence-corrected chi connectivity index (χ4v) is 2.80. The molecule has 0 atom stereocenters. The van der Waals surface area contributed by atoms with Crippen LogP contribution < -0.4 is 0 Å². The number of carboxylic acid groups (broad SMARTS) is 1. The molecule has 1 aromatic heterocycles. The Bertz CT molecular complexity index is 787. The molecule has 0 spiro atoms. The molecule has 0 bridgehead atoms. The van der Waals surface area contributed by atoms with Crippen LogP contribution in [0.15, 0.2) is 24.3 Å². The second kappa shape index (κ2) is 6.54. The molecule has 0 saturated heterocycles. The van der Waals surface area contributed by atoms with Gasteiger partial charge >= 0.3 is 12.1 Å². The molecule has 4 nitrogen and oxygen atoms in total. The van der Waals surface area contributed by atoms with Crippen LogP contribution in [-0.4, -0.2) is 20.9 Å². The van der Waals surface area contributed by atoms with E-state index in [1.54, 1.807) is 6.92 Å². The molecule has 1 N–H and O–H groups in total. The highest BCUT2D eigenvalue weighted by atomic mass is 19.4. The molecule has 0 fully saturated rings. The lowest BCUT2D eigenvalue weighted by molar-refractivity contribution is -0.137. The molecule has 0 saturated carbocycles. The van der Waals surface area contributed by atoms with Crippen LogP contribution in [0.2, 0.25) is 0 Å². The largest absolute Gasteiger partial charge is 0.478 e. The molecular formula is C18H21F3N2O2. The van der Waals surface area contributed by atoms with Crippen molar-refractivity contribution < 1.29 is 23.1 Å². The standard InChI is InChI=1S/C18H21F3N2O2/c1-5-13-15(16(24)25)12(10-17(2,3)4)22-23(13)14-9-7-6-8-11(14)18(19,20)21/h6-9H,5,10H2,1-4H3,(H,24,25). The van der Waals surface area contributed by atoms with E-state index in [4.69, 9.17) is 0 Å². The lowest BCUT2D eigenvalue weighted by Crippen LogP contribution is -2.13. The average Bonchev–Trinajstić information content (AvgIpc) is 2.82. The third-order valence-corrected chi connectivity index (χ3v) is 3.74. The Morgan fingerprint density at radius 1 is 1.20 bits per heavy atom. The number of carbonyl (C=O) groups is 1. The Balaban J connectivity index is 2.76. The van der Waals surface area contributed by atoms with Gasteiger partial charge in [0.25, 0.3) is 0 Å². The fraction of sp³-hybridized carbons (Fsp3) is 0.444. The highest BCUT2D eigenvalue weighted by Crippen LogP contribution is 2.35. The van der Waals surface area contributed by atoms with E-state index in [-0.39, 0.29) is 28.8 Å². The van der Waals surface area contributed by atoms with Crippen LogP contribution in [0.25, 0.3) is 5.69 Å². The van der Waals surface area contributed by atoms with Crippen LogP contribution in [-0.2, 0) is 19.0 Å². The first-order valence-corrected chi connectivity index (χ1v) is 7.96. The normalized spacial score (nSPS) is 12.4. The van der Waals surface area contributed by atoms with Crippen molar-refractivity contribution in [3.63, 3.8) is 0 Å². The van der Waals surface area contributed by atoms with E-state index >= 15 is 0 Å². The molecule has 0 amide bonds. The summed E-state index contributed by atoms with van der Waals surface area (Å²) in [4.78, 5) is 11.7. The van der Waals surface area contributed by atoms with Crippen molar-refractivity contribution in [1.29, 1.82) is 0 Å². The molecule has 2 aromatic rings. The monoisotopic (exact) mass is 354 g/mol. The number of hydrogen-bond donors (Lipinski definition) is 1. The number of hydrogen-bond acceptors (Lipinski definition) is 2. The minimum absolute atomic E-state index is 0.00518. The van der Waals surface area contributed by atoms with Crippen molar-refractivity contribution in [3.8, 4) is 5.69 Å². The number of benzene rings is 1. The number of carboxylic acids is 1. The Morgan fingerprint density at radius 3 is 2.28 bits per heavy atom. The highest BCUT2D eigenvalue weighted by molar-refractivity contribution is 5.90. The Kier molecular flexibility index (Phi) is 4.97. The van der Waals surface area contributed by atoms with Crippen LogP contribution in [0.3, 0.4) is 0 Å². The molecule has 0 unspecified atom stereocenters. The van der Waals surface area contributed by atoms with Gasteiger partial charge in [-0.25, -0.2) is 9.48 Å². The summed E-state index contributed by atoms with van der Waals surface area (Å²) in [6.45, 7) is 7.48. The SMILES string of the molecule is CCc1c(C(=O)O)c(CC(C)(C)C)nn1-c1ccccc1C(F)(F)F. The number of para-hydroxylation sites is 1. The van der Waals surface area contributed by atoms with Crippen molar-refractivity contribution in [2.24, 2.45) is 5.41 Å². The molecule has 7 heteroatoms. The van der Waals surface area contributed by atoms with E-state index in [0.717, 1.165) is 10.7 Å². The Hall–Kier alpha value is -2.31. The molecule has 136 valence electrons. The molecule has 1 heterocycles. The molecule has 0 aliphatic rings. The summed E-state index contributed by atoms with van der Waals surface area (Å²) >= 11 is 0. The quantitative estimate of drug-likeness (QED) is 0.863. The van der Waals surface area contributed by atoms with Gasteiger partial charge in [0.15, 0.2) is 0 Å². The smallest absolute Gasteiger partial charge is 0.418 e. The zero-order valence-corrected chi connectivity index (χ0v) is 14.6. The second-order valence-electron chi connectivity index (χ2n) is 7.09. The summed E-state index contributed by atoms with van der Waals surface area (Å²) in [5, 5.41) is 13.9. The minimum Gasteiger partial charge on any atom is -0.478 e. The summed E-state index contributed by atoms with van der Waals surface area (Å²) < 4.78 is 41.2. The van der Waals surface area contributed by atoms with Gasteiger partial charge in [0.2, 0.25) is 0 Å². The first-order valence-electron chi connectivity index (χ1n) is 7.96. The summed E-state index contributed by atoms with van der Waals surface area (Å²) in [5.41, 5.74) is -0.689. The van der Waals surface area contributed by atoms with Crippen LogP contribution in [0.5, 0.6) is 0 Å². The number of alkyl halides is 3. The van der Waals surface area contributed by atoms with Gasteiger partial charge in [-0.05, 0) is 30.4 Å². The van der Waals surface area contributed by atoms with Gasteiger partial charge in [-0.3, -0.25) is 0 Å². The zero-order chi connectivity index (χ0) is 19.0. The average molecular weight is 354 g/mol. The Labute approximate surface area is 144 Å². The lowest BCUT2D eigenvalue weighted by atomic mass is 9.89. The molecule has 25 heavy (non-hydrogen) atoms. The van der Waals surface area contributed by atoms with Gasteiger partial charge in [0, 0.05) is 0 Å². The molecule has 2 rings (SSSR count). The second-order valence-corrected chi connectivity index (χ2v) is 7.09. The summed E-state index contributed by atoms with van der Waals surface area (Å²) in [7, 11) is 0. The van der Waals surface area contributed by atoms with Gasteiger partial charge in [0.1, 0.15) is 5.56 Å². The van der Waals surface area contributed by atoms with E-state index in [2.05, 4.69) is 5.10 Å². The van der Waals surface area contributed by atoms with Crippen molar-refractivity contribution in [2.45, 2.75) is 46.7 Å². The lowest BCUT2D eigenvalue weighted by Gasteiger charge is -2.16. The fourth-order valence-electron chi connectivity index (χ4n) is 2.80. The van der Waals surface area contributed by atoms with Crippen molar-refractivity contribution in [2.75, 3.05) is 0 Å². The highest BCUT2D eigenvalue weighted by Gasteiger charge is 2.35. The Morgan fingerprint density at radius 2 is 1.80 bits per heavy atom. The van der Waals surface area contributed by atoms with Crippen LogP contribution >= 0.6 is 0 Å². The number of nitrogens with zero attached hydrogens (tertiary/aromatic N) is 2. The van der Waals surface area contributed by atoms with E-state index in [1.807, 2.05) is 20.8 Å². The van der Waals surface area contributed by atoms with E-state index in [1.165, 1.54) is 18.2 Å². The van der Waals surface area contributed by atoms with Crippen LogP contribution in [0.1, 0.15) is 55.0 Å². The predicted molar refractivity (Wildman–Crippen MR) is 88.1 cm³/mol. The third-order valence-electron chi connectivity index (χ3n) is 3.74. The molecular weight excluding hydrogens is 333 g/mol. The van der Waals surface area contributed by atoms with Gasteiger partial charge in [-0.1, -0.05) is 39.8 Å². The molecule has 0 aliphatic carbocycles. The molecule has 0 radical (unpaired) electrons. The first-order chi connectivity index (χ1) is 11.5. The summed E-state index contributed by atoms with van der Waals surface area (Å²) in [6.07, 6.45) is -3.95. The molecule has 0 aliphatic heterocycles. The number of aromatic carboxylic acids is 1. The van der Waals surface area contributed by atoms with Gasteiger partial charge < -0.3 is 5.11 Å². The molecule has 1 aromatic carbocycles. The zero-order valence-electron chi connectivity index (χ0n) is 14.6. The maximum absolute atomic E-state index is 13.3. The van der Waals surface area contributed by atoms with Gasteiger partial charge in [0.05, 0.1) is 22.6 Å². The maximum atomic E-state index is 13.3. The van der Waals surface area contributed by atoms with E-state index in [9.17, 15) is 23.1 Å². The predicted octanol–water partition coefficient (Wildman–Crippen LogP) is 4.74. The third kappa shape index (κ3) is 4.03. The number of halogens is 3. The van der Waals surface area contributed by atoms with Gasteiger partial charge in [-0.2, -0.15) is 18.3 Å². The van der Waals surface area contributed by atoms with Crippen molar-refractivity contribution in [1.82, 2.24) is 9.78 Å². The van der Waals surface area contributed by atoms with Gasteiger partial charge in [-0.15, -0.1) is 0 Å². The summed E-state index contributed by atoms with van der Waals surface area (Å²) in [5.74, 6) is -1.17. The summed E-state index contributed by atoms with van der Waals surface area (Å²) in [6, 6.07) is 5.06. The van der Waals surface area contributed by atoms with Crippen LogP contribution in [0, 0.1) is 5.41 Å². The topological polar surface area (TPSA) is 55.1 Å².